The number of nitrogens with one attached hydrogen (secondary N) is 1. The average Bonchev–Trinajstić information content (AvgIpc) is 2.30. The molecule has 1 aromatic rings. The lowest BCUT2D eigenvalue weighted by atomic mass is 10.1. The van der Waals surface area contributed by atoms with Crippen LogP contribution in [0.4, 0.5) is 20.2 Å². The van der Waals surface area contributed by atoms with Gasteiger partial charge < -0.3 is 5.32 Å². The van der Waals surface area contributed by atoms with Gasteiger partial charge in [-0.05, 0) is 12.8 Å². The van der Waals surface area contributed by atoms with Crippen LogP contribution in [0.1, 0.15) is 12.8 Å². The van der Waals surface area contributed by atoms with Crippen LogP contribution in [-0.4, -0.2) is 30.9 Å². The van der Waals surface area contributed by atoms with Gasteiger partial charge in [-0.3, -0.25) is 10.1 Å². The van der Waals surface area contributed by atoms with Crippen molar-refractivity contribution >= 4 is 21.2 Å². The van der Waals surface area contributed by atoms with E-state index in [9.17, 15) is 27.3 Å². The third kappa shape index (κ3) is 3.21. The quantitative estimate of drug-likeness (QED) is 0.680. The molecule has 6 nitrogen and oxygen atoms in total. The fourth-order valence-corrected chi connectivity index (χ4v) is 3.61. The van der Waals surface area contributed by atoms with Crippen molar-refractivity contribution in [1.29, 1.82) is 0 Å². The highest BCUT2D eigenvalue weighted by atomic mass is 32.2. The first-order valence-electron chi connectivity index (χ1n) is 5.89. The van der Waals surface area contributed by atoms with Crippen molar-refractivity contribution in [3.63, 3.8) is 0 Å². The second-order valence-corrected chi connectivity index (χ2v) is 6.91. The summed E-state index contributed by atoms with van der Waals surface area (Å²) in [4.78, 5) is 9.87. The molecule has 0 unspecified atom stereocenters. The van der Waals surface area contributed by atoms with Crippen molar-refractivity contribution in [2.75, 3.05) is 16.8 Å². The number of sulfone groups is 1. The summed E-state index contributed by atoms with van der Waals surface area (Å²) >= 11 is 0. The molecule has 1 aliphatic rings. The van der Waals surface area contributed by atoms with Crippen LogP contribution < -0.4 is 5.32 Å². The summed E-state index contributed by atoms with van der Waals surface area (Å²) in [6.45, 7) is 0. The van der Waals surface area contributed by atoms with Gasteiger partial charge in [0.2, 0.25) is 5.82 Å². The Bertz CT molecular complexity index is 634. The molecule has 0 spiro atoms. The molecule has 1 aromatic carbocycles. The van der Waals surface area contributed by atoms with Gasteiger partial charge >= 0.3 is 5.69 Å². The predicted octanol–water partition coefficient (Wildman–Crippen LogP) is 1.86. The maximum Gasteiger partial charge on any atom is 0.327 e. The normalized spacial score (nSPS) is 18.7. The van der Waals surface area contributed by atoms with Crippen LogP contribution in [0.3, 0.4) is 0 Å². The number of benzene rings is 1. The first kappa shape index (κ1) is 14.6. The highest BCUT2D eigenvalue weighted by Gasteiger charge is 2.27. The summed E-state index contributed by atoms with van der Waals surface area (Å²) in [5, 5.41) is 13.5. The van der Waals surface area contributed by atoms with Crippen molar-refractivity contribution < 1.29 is 22.1 Å². The molecule has 110 valence electrons. The van der Waals surface area contributed by atoms with Crippen molar-refractivity contribution in [2.24, 2.45) is 0 Å². The first-order chi connectivity index (χ1) is 9.28. The van der Waals surface area contributed by atoms with E-state index in [0.29, 0.717) is 6.07 Å². The zero-order chi connectivity index (χ0) is 14.9. The Hall–Kier alpha value is -1.77. The Balaban J connectivity index is 2.23. The number of hydrogen-bond acceptors (Lipinski definition) is 5. The fourth-order valence-electron chi connectivity index (χ4n) is 2.12. The van der Waals surface area contributed by atoms with E-state index >= 15 is 0 Å². The maximum atomic E-state index is 13.4. The molecule has 0 radical (unpaired) electrons. The summed E-state index contributed by atoms with van der Waals surface area (Å²) in [7, 11) is -3.07. The third-order valence-electron chi connectivity index (χ3n) is 3.13. The van der Waals surface area contributed by atoms with Gasteiger partial charge in [0.25, 0.3) is 0 Å². The van der Waals surface area contributed by atoms with Gasteiger partial charge in [-0.2, -0.15) is 4.39 Å². The Morgan fingerprint density at radius 1 is 1.25 bits per heavy atom. The van der Waals surface area contributed by atoms with E-state index in [0.717, 1.165) is 6.07 Å². The fraction of sp³-hybridized carbons (Fsp3) is 0.455. The topological polar surface area (TPSA) is 89.3 Å². The molecule has 1 fully saturated rings. The molecule has 9 heteroatoms. The van der Waals surface area contributed by atoms with Crippen LogP contribution in [0.2, 0.25) is 0 Å². The van der Waals surface area contributed by atoms with Crippen molar-refractivity contribution in [3.05, 3.63) is 33.9 Å². The van der Waals surface area contributed by atoms with E-state index in [4.69, 9.17) is 0 Å². The number of nitrogens with zero attached hydrogens (tertiary/aromatic N) is 1. The second kappa shape index (κ2) is 5.31. The predicted molar refractivity (Wildman–Crippen MR) is 68.3 cm³/mol. The SMILES string of the molecule is O=[N+]([O-])c1c(F)cc(F)cc1NC1CCS(=O)(=O)CC1. The maximum absolute atomic E-state index is 13.4. The van der Waals surface area contributed by atoms with E-state index in [1.807, 2.05) is 0 Å². The van der Waals surface area contributed by atoms with Crippen molar-refractivity contribution in [2.45, 2.75) is 18.9 Å². The Morgan fingerprint density at radius 2 is 1.85 bits per heavy atom. The zero-order valence-corrected chi connectivity index (χ0v) is 11.1. The van der Waals surface area contributed by atoms with Gasteiger partial charge in [0.15, 0.2) is 0 Å². The molecule has 0 saturated carbocycles. The van der Waals surface area contributed by atoms with Crippen LogP contribution >= 0.6 is 0 Å². The molecule has 0 amide bonds. The Labute approximate surface area is 113 Å². The number of anilines is 1. The number of halogens is 2. The minimum atomic E-state index is -3.07. The van der Waals surface area contributed by atoms with Crippen LogP contribution in [0.5, 0.6) is 0 Å². The van der Waals surface area contributed by atoms with E-state index in [1.165, 1.54) is 0 Å². The van der Waals surface area contributed by atoms with E-state index in [1.54, 1.807) is 0 Å². The summed E-state index contributed by atoms with van der Waals surface area (Å²) < 4.78 is 49.1. The molecule has 1 aliphatic heterocycles. The van der Waals surface area contributed by atoms with Gasteiger partial charge in [-0.15, -0.1) is 0 Å². The molecule has 1 saturated heterocycles. The molecule has 20 heavy (non-hydrogen) atoms. The van der Waals surface area contributed by atoms with E-state index < -0.39 is 32.1 Å². The molecule has 0 aromatic heterocycles. The standard InChI is InChI=1S/C11H12F2N2O4S/c12-7-5-9(13)11(15(16)17)10(6-7)14-8-1-3-20(18,19)4-2-8/h5-6,8,14H,1-4H2. The molecule has 1 N–H and O–H groups in total. The van der Waals surface area contributed by atoms with Crippen LogP contribution in [-0.2, 0) is 9.84 Å². The highest BCUT2D eigenvalue weighted by Crippen LogP contribution is 2.30. The second-order valence-electron chi connectivity index (χ2n) is 4.61. The monoisotopic (exact) mass is 306 g/mol. The summed E-state index contributed by atoms with van der Waals surface area (Å²) in [6, 6.07) is 0.914. The van der Waals surface area contributed by atoms with Gasteiger partial charge in [0.1, 0.15) is 21.3 Å². The van der Waals surface area contributed by atoms with Crippen LogP contribution in [0.15, 0.2) is 12.1 Å². The van der Waals surface area contributed by atoms with Crippen LogP contribution in [0.25, 0.3) is 0 Å². The highest BCUT2D eigenvalue weighted by molar-refractivity contribution is 7.91. The first-order valence-corrected chi connectivity index (χ1v) is 7.71. The summed E-state index contributed by atoms with van der Waals surface area (Å²) in [5.41, 5.74) is -1.10. The number of nitro groups is 1. The number of rotatable bonds is 3. The largest absolute Gasteiger partial charge is 0.377 e. The van der Waals surface area contributed by atoms with Gasteiger partial charge in [-0.1, -0.05) is 0 Å². The summed E-state index contributed by atoms with van der Waals surface area (Å²) in [6.07, 6.45) is 0.495. The van der Waals surface area contributed by atoms with E-state index in [2.05, 4.69) is 5.32 Å². The van der Waals surface area contributed by atoms with Gasteiger partial charge in [-0.25, -0.2) is 12.8 Å². The lowest BCUT2D eigenvalue weighted by molar-refractivity contribution is -0.386. The average molecular weight is 306 g/mol. The molecule has 1 heterocycles. The molecule has 2 rings (SSSR count). The smallest absolute Gasteiger partial charge is 0.327 e. The van der Waals surface area contributed by atoms with E-state index in [-0.39, 0.29) is 36.1 Å². The molecular formula is C11H12F2N2O4S. The van der Waals surface area contributed by atoms with Crippen LogP contribution in [0, 0.1) is 21.7 Å². The van der Waals surface area contributed by atoms with Crippen molar-refractivity contribution in [1.82, 2.24) is 0 Å². The lowest BCUT2D eigenvalue weighted by Crippen LogP contribution is -2.32. The Morgan fingerprint density at radius 3 is 2.40 bits per heavy atom. The van der Waals surface area contributed by atoms with Crippen molar-refractivity contribution in [3.8, 4) is 0 Å². The zero-order valence-electron chi connectivity index (χ0n) is 10.3. The molecule has 0 aliphatic carbocycles. The van der Waals surface area contributed by atoms with Gasteiger partial charge in [0, 0.05) is 18.2 Å². The molecule has 0 bridgehead atoms. The summed E-state index contributed by atoms with van der Waals surface area (Å²) in [5.74, 6) is -2.29. The lowest BCUT2D eigenvalue weighted by Gasteiger charge is -2.23. The minimum absolute atomic E-state index is 0.0454. The molecule has 0 atom stereocenters. The minimum Gasteiger partial charge on any atom is -0.377 e. The number of nitro benzene ring substituents is 1. The number of hydrogen-bond donors (Lipinski definition) is 1. The Kier molecular flexibility index (Phi) is 3.89. The van der Waals surface area contributed by atoms with Gasteiger partial charge in [0.05, 0.1) is 16.4 Å². The molecular weight excluding hydrogens is 294 g/mol. The third-order valence-corrected chi connectivity index (χ3v) is 4.84.